The molecule has 0 radical (unpaired) electrons. The van der Waals surface area contributed by atoms with Gasteiger partial charge in [0.05, 0.1) is 0 Å². The van der Waals surface area contributed by atoms with Crippen molar-refractivity contribution in [3.8, 4) is 0 Å². The third-order valence-corrected chi connectivity index (χ3v) is 2.47. The Kier molecular flexibility index (Phi) is 3.65. The van der Waals surface area contributed by atoms with Gasteiger partial charge in [-0.2, -0.15) is 0 Å². The van der Waals surface area contributed by atoms with Gasteiger partial charge in [-0.3, -0.25) is 0 Å². The zero-order valence-electron chi connectivity index (χ0n) is 8.97. The Balaban J connectivity index is 2.10. The molecule has 3 nitrogen and oxygen atoms in total. The van der Waals surface area contributed by atoms with Gasteiger partial charge in [0.2, 0.25) is 0 Å². The molecule has 0 heterocycles. The normalized spacial score (nSPS) is 26.6. The number of alkyl carbamates (subject to hydrolysis) is 1. The fourth-order valence-electron chi connectivity index (χ4n) is 1.36. The van der Waals surface area contributed by atoms with Crippen LogP contribution in [0.2, 0.25) is 0 Å². The molecule has 1 aliphatic carbocycles. The van der Waals surface area contributed by atoms with E-state index in [1.807, 2.05) is 20.8 Å². The Labute approximate surface area is 90.1 Å². The first-order chi connectivity index (χ1) is 6.37. The smallest absolute Gasteiger partial charge is 0.407 e. The number of nitrogens with one attached hydrogen (secondary N) is 1. The summed E-state index contributed by atoms with van der Waals surface area (Å²) in [4.78, 5) is 11.2. The van der Waals surface area contributed by atoms with Gasteiger partial charge in [-0.1, -0.05) is 0 Å². The molecule has 0 aromatic carbocycles. The molecule has 14 heavy (non-hydrogen) atoms. The lowest BCUT2D eigenvalue weighted by Crippen LogP contribution is -2.39. The zero-order valence-corrected chi connectivity index (χ0v) is 9.73. The summed E-state index contributed by atoms with van der Waals surface area (Å²) in [5.41, 5.74) is -0.418. The highest BCUT2D eigenvalue weighted by Crippen LogP contribution is 2.31. The van der Waals surface area contributed by atoms with Gasteiger partial charge in [-0.05, 0) is 39.5 Å². The second kappa shape index (κ2) is 4.39. The molecule has 1 fully saturated rings. The van der Waals surface area contributed by atoms with E-state index in [1.165, 1.54) is 0 Å². The maximum Gasteiger partial charge on any atom is 0.407 e. The maximum absolute atomic E-state index is 11.2. The van der Waals surface area contributed by atoms with Crippen LogP contribution in [0, 0.1) is 5.92 Å². The van der Waals surface area contributed by atoms with Gasteiger partial charge in [0, 0.05) is 11.9 Å². The van der Waals surface area contributed by atoms with Gasteiger partial charge in [0.25, 0.3) is 0 Å². The van der Waals surface area contributed by atoms with E-state index in [1.54, 1.807) is 0 Å². The Morgan fingerprint density at radius 3 is 2.50 bits per heavy atom. The van der Waals surface area contributed by atoms with Crippen molar-refractivity contribution in [2.24, 2.45) is 5.92 Å². The van der Waals surface area contributed by atoms with E-state index in [4.69, 9.17) is 16.3 Å². The van der Waals surface area contributed by atoms with Crippen LogP contribution in [0.25, 0.3) is 0 Å². The zero-order chi connectivity index (χ0) is 10.8. The minimum absolute atomic E-state index is 0.306. The summed E-state index contributed by atoms with van der Waals surface area (Å²) >= 11 is 5.82. The van der Waals surface area contributed by atoms with Crippen LogP contribution in [0.15, 0.2) is 0 Å². The molecule has 1 aliphatic rings. The largest absolute Gasteiger partial charge is 0.444 e. The van der Waals surface area contributed by atoms with Gasteiger partial charge in [0.15, 0.2) is 0 Å². The number of alkyl halides is 1. The van der Waals surface area contributed by atoms with E-state index in [0.717, 1.165) is 12.8 Å². The number of rotatable bonds is 2. The molecule has 0 aliphatic heterocycles. The summed E-state index contributed by atoms with van der Waals surface area (Å²) in [6.45, 7) is 6.23. The van der Waals surface area contributed by atoms with E-state index in [2.05, 4.69) is 5.32 Å². The van der Waals surface area contributed by atoms with Crippen LogP contribution in [0.3, 0.4) is 0 Å². The maximum atomic E-state index is 11.2. The molecule has 0 saturated heterocycles. The Hall–Kier alpha value is -0.440. The number of hydrogen-bond acceptors (Lipinski definition) is 2. The Morgan fingerprint density at radius 1 is 1.50 bits per heavy atom. The summed E-state index contributed by atoms with van der Waals surface area (Å²) < 4.78 is 5.10. The Bertz CT molecular complexity index is 207. The molecule has 0 unspecified atom stereocenters. The first-order valence-corrected chi connectivity index (χ1v) is 5.41. The average molecular weight is 220 g/mol. The summed E-state index contributed by atoms with van der Waals surface area (Å²) in [5.74, 6) is 0.532. The van der Waals surface area contributed by atoms with Gasteiger partial charge in [-0.25, -0.2) is 4.79 Å². The predicted molar refractivity (Wildman–Crippen MR) is 56.6 cm³/mol. The molecule has 82 valence electrons. The van der Waals surface area contributed by atoms with Gasteiger partial charge in [0.1, 0.15) is 5.60 Å². The van der Waals surface area contributed by atoms with Gasteiger partial charge in [-0.15, -0.1) is 11.6 Å². The minimum Gasteiger partial charge on any atom is -0.444 e. The molecule has 0 aromatic rings. The highest BCUT2D eigenvalue weighted by molar-refractivity contribution is 6.21. The summed E-state index contributed by atoms with van der Waals surface area (Å²) in [7, 11) is 0. The monoisotopic (exact) mass is 219 g/mol. The van der Waals surface area contributed by atoms with Crippen LogP contribution in [0.4, 0.5) is 4.79 Å². The highest BCUT2D eigenvalue weighted by Gasteiger charge is 2.27. The topological polar surface area (TPSA) is 38.3 Å². The standard InChI is InChI=1S/C10H18ClNO2/c1-10(2,3)14-9(13)12-6-7-4-8(11)5-7/h7-8H,4-6H2,1-3H3,(H,12,13). The average Bonchev–Trinajstić information content (AvgIpc) is 1.92. The summed E-state index contributed by atoms with van der Waals surface area (Å²) in [6.07, 6.45) is 1.66. The van der Waals surface area contributed by atoms with Crippen LogP contribution in [0.5, 0.6) is 0 Å². The lowest BCUT2D eigenvalue weighted by atomic mass is 9.85. The molecular formula is C10H18ClNO2. The van der Waals surface area contributed by atoms with Crippen molar-refractivity contribution < 1.29 is 9.53 Å². The second-order valence-electron chi connectivity index (χ2n) is 4.82. The minimum atomic E-state index is -0.418. The number of hydrogen-bond donors (Lipinski definition) is 1. The van der Waals surface area contributed by atoms with Crippen LogP contribution in [0.1, 0.15) is 33.6 Å². The van der Waals surface area contributed by atoms with Crippen LogP contribution >= 0.6 is 11.6 Å². The molecular weight excluding hydrogens is 202 g/mol. The molecule has 1 saturated carbocycles. The second-order valence-corrected chi connectivity index (χ2v) is 5.43. The number of halogens is 1. The fraction of sp³-hybridized carbons (Fsp3) is 0.900. The predicted octanol–water partition coefficient (Wildman–Crippen LogP) is 2.53. The third-order valence-electron chi connectivity index (χ3n) is 2.11. The molecule has 4 heteroatoms. The molecule has 0 spiro atoms. The van der Waals surface area contributed by atoms with Crippen molar-refractivity contribution in [2.75, 3.05) is 6.54 Å². The van der Waals surface area contributed by atoms with Crippen molar-refractivity contribution in [1.82, 2.24) is 5.32 Å². The van der Waals surface area contributed by atoms with Crippen molar-refractivity contribution in [1.29, 1.82) is 0 Å². The van der Waals surface area contributed by atoms with Crippen LogP contribution in [-0.4, -0.2) is 23.6 Å². The van der Waals surface area contributed by atoms with Crippen molar-refractivity contribution in [3.05, 3.63) is 0 Å². The van der Waals surface area contributed by atoms with Gasteiger partial charge >= 0.3 is 6.09 Å². The fourth-order valence-corrected chi connectivity index (χ4v) is 1.87. The number of carbonyl (C=O) groups excluding carboxylic acids is 1. The third kappa shape index (κ3) is 4.18. The molecule has 1 rings (SSSR count). The van der Waals surface area contributed by atoms with E-state index in [0.29, 0.717) is 17.8 Å². The van der Waals surface area contributed by atoms with Crippen molar-refractivity contribution >= 4 is 17.7 Å². The molecule has 1 N–H and O–H groups in total. The lowest BCUT2D eigenvalue weighted by Gasteiger charge is -2.31. The quantitative estimate of drug-likeness (QED) is 0.725. The lowest BCUT2D eigenvalue weighted by molar-refractivity contribution is 0.0511. The molecule has 0 atom stereocenters. The molecule has 0 bridgehead atoms. The molecule has 0 aromatic heterocycles. The van der Waals surface area contributed by atoms with E-state index in [-0.39, 0.29) is 6.09 Å². The van der Waals surface area contributed by atoms with E-state index >= 15 is 0 Å². The highest BCUT2D eigenvalue weighted by atomic mass is 35.5. The van der Waals surface area contributed by atoms with Crippen LogP contribution < -0.4 is 5.32 Å². The summed E-state index contributed by atoms with van der Waals surface area (Å²) in [6, 6.07) is 0. The first kappa shape index (κ1) is 11.6. The number of carbonyl (C=O) groups is 1. The molecule has 1 amide bonds. The van der Waals surface area contributed by atoms with Crippen molar-refractivity contribution in [3.63, 3.8) is 0 Å². The number of amides is 1. The van der Waals surface area contributed by atoms with Gasteiger partial charge < -0.3 is 10.1 Å². The Morgan fingerprint density at radius 2 is 2.07 bits per heavy atom. The summed E-state index contributed by atoms with van der Waals surface area (Å²) in [5, 5.41) is 3.05. The first-order valence-electron chi connectivity index (χ1n) is 4.98. The van der Waals surface area contributed by atoms with Crippen molar-refractivity contribution in [2.45, 2.75) is 44.6 Å². The van der Waals surface area contributed by atoms with E-state index < -0.39 is 5.60 Å². The number of ether oxygens (including phenoxy) is 1. The van der Waals surface area contributed by atoms with E-state index in [9.17, 15) is 4.79 Å². The SMILES string of the molecule is CC(C)(C)OC(=O)NCC1CC(Cl)C1. The van der Waals surface area contributed by atoms with Crippen LogP contribution in [-0.2, 0) is 4.74 Å².